The first kappa shape index (κ1) is 13.2. The molecule has 21 heavy (non-hydrogen) atoms. The predicted octanol–water partition coefficient (Wildman–Crippen LogP) is 2.99. The van der Waals surface area contributed by atoms with Crippen molar-refractivity contribution in [1.82, 2.24) is 19.9 Å². The third-order valence-electron chi connectivity index (χ3n) is 3.14. The number of nitrogens with one attached hydrogen (secondary N) is 1. The van der Waals surface area contributed by atoms with Crippen LogP contribution in [0.4, 0.5) is 0 Å². The fourth-order valence-electron chi connectivity index (χ4n) is 2.12. The van der Waals surface area contributed by atoms with Crippen molar-refractivity contribution in [3.8, 4) is 22.7 Å². The summed E-state index contributed by atoms with van der Waals surface area (Å²) in [7, 11) is 0. The van der Waals surface area contributed by atoms with Gasteiger partial charge in [0, 0.05) is 36.5 Å². The monoisotopic (exact) mass is 294 g/mol. The molecule has 0 spiro atoms. The van der Waals surface area contributed by atoms with Gasteiger partial charge in [0.2, 0.25) is 0 Å². The Hall–Kier alpha value is -2.77. The molecule has 0 saturated carbocycles. The molecule has 7 heteroatoms. The molecule has 3 aromatic heterocycles. The number of nitrogens with zero attached hydrogens (tertiary/aromatic N) is 5. The minimum absolute atomic E-state index is 0.137. The Labute approximate surface area is 124 Å². The van der Waals surface area contributed by atoms with E-state index in [4.69, 9.17) is 10.5 Å². The molecule has 1 N–H and O–H groups in total. The lowest BCUT2D eigenvalue weighted by Crippen LogP contribution is -1.95. The van der Waals surface area contributed by atoms with E-state index in [-0.39, 0.29) is 5.92 Å². The van der Waals surface area contributed by atoms with Crippen molar-refractivity contribution in [1.29, 1.82) is 10.5 Å². The molecule has 0 fully saturated rings. The zero-order chi connectivity index (χ0) is 14.7. The summed E-state index contributed by atoms with van der Waals surface area (Å²) in [4.78, 5) is 16.8. The molecule has 0 unspecified atom stereocenters. The molecule has 0 aromatic carbocycles. The van der Waals surface area contributed by atoms with Gasteiger partial charge in [-0.05, 0) is 6.07 Å². The number of nitriles is 2. The number of H-pyrrole nitrogens is 1. The van der Waals surface area contributed by atoms with Crippen LogP contribution in [0.5, 0.6) is 0 Å². The van der Waals surface area contributed by atoms with Crippen LogP contribution in [-0.2, 0) is 0 Å². The third kappa shape index (κ3) is 2.47. The van der Waals surface area contributed by atoms with Crippen LogP contribution in [0, 0.1) is 22.7 Å². The first-order chi connectivity index (χ1) is 10.3. The van der Waals surface area contributed by atoms with Crippen LogP contribution in [0.3, 0.4) is 0 Å². The van der Waals surface area contributed by atoms with Gasteiger partial charge in [0.25, 0.3) is 0 Å². The number of fused-ring (bicyclic) bond motifs is 1. The van der Waals surface area contributed by atoms with Crippen LogP contribution in [0.1, 0.15) is 23.8 Å². The van der Waals surface area contributed by atoms with Crippen molar-refractivity contribution < 1.29 is 0 Å². The van der Waals surface area contributed by atoms with Crippen LogP contribution >= 0.6 is 11.3 Å². The zero-order valence-electron chi connectivity index (χ0n) is 10.9. The number of rotatable bonds is 4. The predicted molar refractivity (Wildman–Crippen MR) is 78.2 cm³/mol. The molecular weight excluding hydrogens is 284 g/mol. The van der Waals surface area contributed by atoms with Crippen LogP contribution < -0.4 is 0 Å². The Morgan fingerprint density at radius 2 is 2.00 bits per heavy atom. The van der Waals surface area contributed by atoms with Gasteiger partial charge in [-0.1, -0.05) is 0 Å². The summed E-state index contributed by atoms with van der Waals surface area (Å²) in [6.45, 7) is 0. The number of aromatic nitrogens is 4. The van der Waals surface area contributed by atoms with Crippen LogP contribution in [0.2, 0.25) is 0 Å². The maximum absolute atomic E-state index is 8.85. The molecule has 0 aliphatic rings. The van der Waals surface area contributed by atoms with Gasteiger partial charge in [0.15, 0.2) is 0 Å². The molecule has 3 aromatic rings. The largest absolute Gasteiger partial charge is 0.346 e. The Morgan fingerprint density at radius 1 is 1.19 bits per heavy atom. The summed E-state index contributed by atoms with van der Waals surface area (Å²) in [5, 5.41) is 19.4. The van der Waals surface area contributed by atoms with E-state index < -0.39 is 0 Å². The summed E-state index contributed by atoms with van der Waals surface area (Å²) in [5.41, 5.74) is 1.60. The third-order valence-corrected chi connectivity index (χ3v) is 4.30. The van der Waals surface area contributed by atoms with Crippen molar-refractivity contribution >= 4 is 22.4 Å². The average molecular weight is 294 g/mol. The fourth-order valence-corrected chi connectivity index (χ4v) is 3.15. The topological polar surface area (TPSA) is 102 Å². The number of hydrogen-bond donors (Lipinski definition) is 1. The maximum Gasteiger partial charge on any atom is 0.141 e. The van der Waals surface area contributed by atoms with Gasteiger partial charge in [-0.2, -0.15) is 10.5 Å². The first-order valence-electron chi connectivity index (χ1n) is 6.31. The van der Waals surface area contributed by atoms with E-state index in [1.807, 2.05) is 12.3 Å². The quantitative estimate of drug-likeness (QED) is 0.796. The summed E-state index contributed by atoms with van der Waals surface area (Å²) in [5.74, 6) is -0.137. The van der Waals surface area contributed by atoms with Gasteiger partial charge in [0.05, 0.1) is 27.7 Å². The van der Waals surface area contributed by atoms with Crippen molar-refractivity contribution in [2.24, 2.45) is 0 Å². The van der Waals surface area contributed by atoms with E-state index in [1.54, 1.807) is 6.20 Å². The van der Waals surface area contributed by atoms with Crippen LogP contribution in [-0.4, -0.2) is 19.9 Å². The first-order valence-corrected chi connectivity index (χ1v) is 7.13. The Bertz CT molecular complexity index is 834. The van der Waals surface area contributed by atoms with Crippen molar-refractivity contribution in [3.05, 3.63) is 29.8 Å². The normalized spacial score (nSPS) is 10.6. The summed E-state index contributed by atoms with van der Waals surface area (Å²) < 4.78 is 0. The second kappa shape index (κ2) is 5.70. The molecule has 0 aliphatic heterocycles. The summed E-state index contributed by atoms with van der Waals surface area (Å²) in [6, 6.07) is 6.14. The molecule has 0 saturated heterocycles. The Morgan fingerprint density at radius 3 is 2.76 bits per heavy atom. The molecule has 6 nitrogen and oxygen atoms in total. The molecule has 102 valence electrons. The smallest absolute Gasteiger partial charge is 0.141 e. The second-order valence-electron chi connectivity index (χ2n) is 4.45. The van der Waals surface area contributed by atoms with E-state index in [0.717, 1.165) is 26.6 Å². The molecule has 0 aliphatic carbocycles. The highest BCUT2D eigenvalue weighted by Gasteiger charge is 2.17. The molecule has 3 heterocycles. The minimum atomic E-state index is -0.137. The van der Waals surface area contributed by atoms with E-state index in [9.17, 15) is 0 Å². The van der Waals surface area contributed by atoms with E-state index in [2.05, 4.69) is 32.1 Å². The molecule has 0 amide bonds. The lowest BCUT2D eigenvalue weighted by Gasteiger charge is -2.04. The van der Waals surface area contributed by atoms with Gasteiger partial charge in [0.1, 0.15) is 12.0 Å². The van der Waals surface area contributed by atoms with Crippen LogP contribution in [0.25, 0.3) is 21.6 Å². The second-order valence-corrected chi connectivity index (χ2v) is 5.51. The average Bonchev–Trinajstić information content (AvgIpc) is 3.15. The highest BCUT2D eigenvalue weighted by atomic mass is 32.1. The van der Waals surface area contributed by atoms with E-state index in [0.29, 0.717) is 12.8 Å². The summed E-state index contributed by atoms with van der Waals surface area (Å²) in [6.07, 6.45) is 5.67. The molecule has 0 bridgehead atoms. The maximum atomic E-state index is 8.85. The molecule has 0 atom stereocenters. The van der Waals surface area contributed by atoms with Crippen LogP contribution in [0.15, 0.2) is 24.8 Å². The Kier molecular flexibility index (Phi) is 3.59. The molecular formula is C14H10N6S. The Balaban J connectivity index is 2.00. The lowest BCUT2D eigenvalue weighted by atomic mass is 10.0. The summed E-state index contributed by atoms with van der Waals surface area (Å²) >= 11 is 1.47. The van der Waals surface area contributed by atoms with E-state index in [1.165, 1.54) is 17.7 Å². The highest BCUT2D eigenvalue weighted by molar-refractivity contribution is 7.15. The van der Waals surface area contributed by atoms with E-state index >= 15 is 0 Å². The lowest BCUT2D eigenvalue weighted by molar-refractivity contribution is 0.719. The molecule has 0 radical (unpaired) electrons. The number of aromatic amines is 1. The van der Waals surface area contributed by atoms with Gasteiger partial charge < -0.3 is 4.98 Å². The standard InChI is InChI=1S/C14H10N6S/c15-4-1-9(2-5-16)14-18-7-11(21-14)12-10-3-6-17-13(10)20-8-19-12/h3,6-9H,1-2H2,(H,17,19,20). The van der Waals surface area contributed by atoms with Crippen molar-refractivity contribution in [2.45, 2.75) is 18.8 Å². The van der Waals surface area contributed by atoms with Crippen molar-refractivity contribution in [2.75, 3.05) is 0 Å². The zero-order valence-corrected chi connectivity index (χ0v) is 11.8. The molecule has 3 rings (SSSR count). The van der Waals surface area contributed by atoms with Gasteiger partial charge in [-0.3, -0.25) is 0 Å². The SMILES string of the molecule is N#CCC(CC#N)c1ncc(-c2ncnc3[nH]ccc23)s1. The fraction of sp³-hybridized carbons (Fsp3) is 0.214. The highest BCUT2D eigenvalue weighted by Crippen LogP contribution is 2.34. The van der Waals surface area contributed by atoms with Crippen molar-refractivity contribution in [3.63, 3.8) is 0 Å². The van der Waals surface area contributed by atoms with Gasteiger partial charge in [-0.25, -0.2) is 15.0 Å². The van der Waals surface area contributed by atoms with Gasteiger partial charge >= 0.3 is 0 Å². The minimum Gasteiger partial charge on any atom is -0.346 e. The van der Waals surface area contributed by atoms with Gasteiger partial charge in [-0.15, -0.1) is 11.3 Å². The number of thiazole rings is 1. The number of hydrogen-bond acceptors (Lipinski definition) is 6.